The van der Waals surface area contributed by atoms with E-state index in [1.807, 2.05) is 0 Å². The van der Waals surface area contributed by atoms with E-state index in [4.69, 9.17) is 18.2 Å². The first-order chi connectivity index (χ1) is 12.7. The molecule has 0 rings (SSSR count). The Hall–Kier alpha value is -0.203. The number of ether oxygens (including phenoxy) is 1. The van der Waals surface area contributed by atoms with E-state index in [1.165, 1.54) is 0 Å². The van der Waals surface area contributed by atoms with Gasteiger partial charge in [-0.1, -0.05) is 20.8 Å². The molecule has 0 saturated heterocycles. The normalized spacial score (nSPS) is 14.6. The summed E-state index contributed by atoms with van der Waals surface area (Å²) >= 11 is 0. The van der Waals surface area contributed by atoms with Crippen molar-refractivity contribution in [1.29, 1.82) is 0 Å². The fourth-order valence-electron chi connectivity index (χ4n) is 2.39. The third kappa shape index (κ3) is 9.53. The van der Waals surface area contributed by atoms with Crippen molar-refractivity contribution in [2.45, 2.75) is 111 Å². The predicted octanol–water partition coefficient (Wildman–Crippen LogP) is 6.15. The Labute approximate surface area is 173 Å². The number of esters is 1. The summed E-state index contributed by atoms with van der Waals surface area (Å²) in [4.78, 5) is 12.5. The molecule has 1 unspecified atom stereocenters. The van der Waals surface area contributed by atoms with Crippen molar-refractivity contribution in [2.75, 3.05) is 13.2 Å². The van der Waals surface area contributed by atoms with Crippen LogP contribution in [0.25, 0.3) is 0 Å². The Morgan fingerprint density at radius 3 is 1.89 bits per heavy atom. The van der Waals surface area contributed by atoms with Crippen LogP contribution in [0.3, 0.4) is 0 Å². The van der Waals surface area contributed by atoms with Crippen molar-refractivity contribution in [1.82, 2.24) is 0 Å². The SMILES string of the molecule is CCOC(=O)C(CCCCO[Si](C)(C)C(C)(C)C)P(=O)(OC(C)C)OC(C)C. The molecule has 0 aromatic carbocycles. The lowest BCUT2D eigenvalue weighted by Gasteiger charge is -2.36. The van der Waals surface area contributed by atoms with E-state index in [-0.39, 0.29) is 23.9 Å². The Morgan fingerprint density at radius 2 is 1.50 bits per heavy atom. The molecule has 0 aromatic rings. The highest BCUT2D eigenvalue weighted by molar-refractivity contribution is 7.55. The van der Waals surface area contributed by atoms with Crippen LogP contribution in [-0.4, -0.2) is 45.4 Å². The molecule has 0 fully saturated rings. The molecule has 0 bridgehead atoms. The molecule has 6 nitrogen and oxygen atoms in total. The smallest absolute Gasteiger partial charge is 0.345 e. The van der Waals surface area contributed by atoms with Crippen LogP contribution >= 0.6 is 7.60 Å². The van der Waals surface area contributed by atoms with Gasteiger partial charge in [-0.05, 0) is 72.0 Å². The van der Waals surface area contributed by atoms with Gasteiger partial charge in [0.05, 0.1) is 18.8 Å². The second-order valence-corrected chi connectivity index (χ2v) is 16.2. The first kappa shape index (κ1) is 27.8. The molecule has 0 radical (unpaired) electrons. The average Bonchev–Trinajstić information content (AvgIpc) is 2.47. The van der Waals surface area contributed by atoms with E-state index < -0.39 is 27.5 Å². The zero-order valence-corrected chi connectivity index (χ0v) is 21.6. The van der Waals surface area contributed by atoms with Crippen LogP contribution in [0.15, 0.2) is 0 Å². The van der Waals surface area contributed by atoms with Crippen LogP contribution in [0.4, 0.5) is 0 Å². The summed E-state index contributed by atoms with van der Waals surface area (Å²) in [6, 6.07) is 0. The zero-order chi connectivity index (χ0) is 22.2. The highest BCUT2D eigenvalue weighted by atomic mass is 31.2. The maximum absolute atomic E-state index is 13.4. The lowest BCUT2D eigenvalue weighted by atomic mass is 10.2. The molecule has 0 aromatic heterocycles. The van der Waals surface area contributed by atoms with E-state index in [2.05, 4.69) is 33.9 Å². The average molecular weight is 439 g/mol. The molecule has 0 aliphatic heterocycles. The van der Waals surface area contributed by atoms with Crippen LogP contribution in [-0.2, 0) is 27.6 Å². The Balaban J connectivity index is 5.07. The molecular weight excluding hydrogens is 395 g/mol. The molecule has 1 atom stereocenters. The van der Waals surface area contributed by atoms with Gasteiger partial charge in [-0.25, -0.2) is 0 Å². The predicted molar refractivity (Wildman–Crippen MR) is 117 cm³/mol. The molecule has 0 saturated carbocycles. The number of hydrogen-bond acceptors (Lipinski definition) is 6. The largest absolute Gasteiger partial charge is 0.465 e. The molecule has 0 N–H and O–H groups in total. The van der Waals surface area contributed by atoms with Crippen molar-refractivity contribution in [3.63, 3.8) is 0 Å². The summed E-state index contributed by atoms with van der Waals surface area (Å²) in [5.74, 6) is -0.516. The number of rotatable bonds is 13. The summed E-state index contributed by atoms with van der Waals surface area (Å²) in [7, 11) is -5.43. The van der Waals surface area contributed by atoms with Crippen molar-refractivity contribution in [2.24, 2.45) is 0 Å². The number of unbranched alkanes of at least 4 members (excludes halogenated alkanes) is 1. The quantitative estimate of drug-likeness (QED) is 0.149. The molecule has 0 aliphatic rings. The monoisotopic (exact) mass is 438 g/mol. The van der Waals surface area contributed by atoms with Crippen molar-refractivity contribution in [3.05, 3.63) is 0 Å². The highest BCUT2D eigenvalue weighted by Gasteiger charge is 2.43. The molecule has 0 aliphatic carbocycles. The molecular formula is C20H43O6PSi. The Kier molecular flexibility index (Phi) is 11.8. The lowest BCUT2D eigenvalue weighted by molar-refractivity contribution is -0.143. The molecule has 0 amide bonds. The van der Waals surface area contributed by atoms with E-state index in [0.717, 1.165) is 6.42 Å². The van der Waals surface area contributed by atoms with Crippen LogP contribution < -0.4 is 0 Å². The highest BCUT2D eigenvalue weighted by Crippen LogP contribution is 2.57. The minimum absolute atomic E-state index is 0.159. The van der Waals surface area contributed by atoms with Gasteiger partial charge in [0.15, 0.2) is 14.0 Å². The van der Waals surface area contributed by atoms with Gasteiger partial charge in [-0.3, -0.25) is 9.36 Å². The van der Waals surface area contributed by atoms with Crippen molar-refractivity contribution in [3.8, 4) is 0 Å². The summed E-state index contributed by atoms with van der Waals surface area (Å²) in [6.07, 6.45) is 1.22. The van der Waals surface area contributed by atoms with E-state index >= 15 is 0 Å². The number of hydrogen-bond donors (Lipinski definition) is 0. The van der Waals surface area contributed by atoms with Gasteiger partial charge in [-0.15, -0.1) is 0 Å². The minimum atomic E-state index is -3.64. The van der Waals surface area contributed by atoms with Gasteiger partial charge < -0.3 is 18.2 Å². The molecule has 0 spiro atoms. The molecule has 8 heteroatoms. The van der Waals surface area contributed by atoms with Gasteiger partial charge in [0, 0.05) is 6.61 Å². The molecule has 0 heterocycles. The third-order valence-electron chi connectivity index (χ3n) is 4.80. The minimum Gasteiger partial charge on any atom is -0.465 e. The second-order valence-electron chi connectivity index (χ2n) is 9.22. The standard InChI is InChI=1S/C20H43O6PSi/c1-11-23-19(21)18(27(22,25-16(2)3)26-17(4)5)14-12-13-15-24-28(9,10)20(6,7)8/h16-18H,11-15H2,1-10H3. The fourth-order valence-corrected chi connectivity index (χ4v) is 5.82. The van der Waals surface area contributed by atoms with E-state index in [0.29, 0.717) is 19.4 Å². The van der Waals surface area contributed by atoms with Crippen molar-refractivity contribution < 1.29 is 27.6 Å². The maximum atomic E-state index is 13.4. The summed E-state index contributed by atoms with van der Waals surface area (Å²) in [5.41, 5.74) is -0.912. The fraction of sp³-hybridized carbons (Fsp3) is 0.950. The first-order valence-electron chi connectivity index (χ1n) is 10.4. The van der Waals surface area contributed by atoms with Gasteiger partial charge in [0.25, 0.3) is 0 Å². The van der Waals surface area contributed by atoms with Crippen LogP contribution in [0.5, 0.6) is 0 Å². The Bertz CT molecular complexity index is 499. The van der Waals surface area contributed by atoms with Gasteiger partial charge in [-0.2, -0.15) is 0 Å². The topological polar surface area (TPSA) is 71.1 Å². The summed E-state index contributed by atoms with van der Waals surface area (Å²) in [6.45, 7) is 20.8. The maximum Gasteiger partial charge on any atom is 0.345 e. The van der Waals surface area contributed by atoms with Crippen LogP contribution in [0.2, 0.25) is 18.1 Å². The first-order valence-corrected chi connectivity index (χ1v) is 15.0. The van der Waals surface area contributed by atoms with Crippen LogP contribution in [0, 0.1) is 0 Å². The second kappa shape index (κ2) is 11.8. The third-order valence-corrected chi connectivity index (χ3v) is 12.0. The Morgan fingerprint density at radius 1 is 1.00 bits per heavy atom. The zero-order valence-electron chi connectivity index (χ0n) is 19.7. The van der Waals surface area contributed by atoms with Crippen molar-refractivity contribution >= 4 is 21.9 Å². The van der Waals surface area contributed by atoms with Crippen LogP contribution in [0.1, 0.15) is 74.7 Å². The van der Waals surface area contributed by atoms with Gasteiger partial charge in [0.1, 0.15) is 0 Å². The molecule has 168 valence electrons. The summed E-state index contributed by atoms with van der Waals surface area (Å²) < 4.78 is 36.1. The number of carbonyl (C=O) groups excluding carboxylic acids is 1. The lowest BCUT2D eigenvalue weighted by Crippen LogP contribution is -2.41. The number of carbonyl (C=O) groups is 1. The van der Waals surface area contributed by atoms with E-state index in [1.54, 1.807) is 34.6 Å². The van der Waals surface area contributed by atoms with Gasteiger partial charge >= 0.3 is 13.6 Å². The molecule has 28 heavy (non-hydrogen) atoms. The van der Waals surface area contributed by atoms with E-state index in [9.17, 15) is 9.36 Å². The summed E-state index contributed by atoms with van der Waals surface area (Å²) in [5, 5.41) is 0.159. The van der Waals surface area contributed by atoms with Gasteiger partial charge in [0.2, 0.25) is 0 Å².